The predicted octanol–water partition coefficient (Wildman–Crippen LogP) is 4.83. The van der Waals surface area contributed by atoms with E-state index in [1.54, 1.807) is 36.4 Å². The molecular weight excluding hydrogens is 449 g/mol. The lowest BCUT2D eigenvalue weighted by molar-refractivity contribution is 0.324. The summed E-state index contributed by atoms with van der Waals surface area (Å²) in [6.07, 6.45) is 3.61. The number of methoxy groups -OCH3 is 4. The summed E-state index contributed by atoms with van der Waals surface area (Å²) in [6, 6.07) is 13.4. The zero-order chi connectivity index (χ0) is 24.0. The molecule has 0 aliphatic carbocycles. The Hall–Kier alpha value is -3.72. The molecule has 0 radical (unpaired) electrons. The van der Waals surface area contributed by atoms with Gasteiger partial charge in [0.05, 0.1) is 39.0 Å². The predicted molar refractivity (Wildman–Crippen MR) is 125 cm³/mol. The van der Waals surface area contributed by atoms with Gasteiger partial charge in [-0.15, -0.1) is 0 Å². The lowest BCUT2D eigenvalue weighted by atomic mass is 10.1. The first-order chi connectivity index (χ1) is 15.8. The number of halogens is 1. The van der Waals surface area contributed by atoms with Crippen molar-refractivity contribution in [1.29, 1.82) is 0 Å². The molecule has 0 atom stereocenters. The van der Waals surface area contributed by atoms with Crippen molar-refractivity contribution < 1.29 is 31.8 Å². The molecule has 3 rings (SSSR count). The van der Waals surface area contributed by atoms with E-state index in [0.717, 1.165) is 11.6 Å². The van der Waals surface area contributed by atoms with Crippen LogP contribution in [0.4, 0.5) is 10.1 Å². The molecule has 33 heavy (non-hydrogen) atoms. The monoisotopic (exact) mass is 473 g/mol. The van der Waals surface area contributed by atoms with Crippen LogP contribution in [0.25, 0.3) is 12.2 Å². The zero-order valence-corrected chi connectivity index (χ0v) is 19.4. The average molecular weight is 474 g/mol. The van der Waals surface area contributed by atoms with Crippen LogP contribution in [0.2, 0.25) is 0 Å². The molecule has 0 saturated carbocycles. The standard InChI is InChI=1S/C24H24FNO6S/c1-29-21-11-10-16(8-9-17-13-22(30-2)24(32-4)23(14-17)31-3)12-20(21)26-33(27,28)19-7-5-6-18(25)15-19/h5-15,26H,1-4H3. The molecule has 0 saturated heterocycles. The van der Waals surface area contributed by atoms with E-state index in [4.69, 9.17) is 18.9 Å². The normalized spacial score (nSPS) is 11.3. The minimum Gasteiger partial charge on any atom is -0.495 e. The van der Waals surface area contributed by atoms with Crippen LogP contribution in [-0.2, 0) is 10.0 Å². The molecule has 174 valence electrons. The highest BCUT2D eigenvalue weighted by atomic mass is 32.2. The SMILES string of the molecule is COc1ccc(C=Cc2cc(OC)c(OC)c(OC)c2)cc1NS(=O)(=O)c1cccc(F)c1. The van der Waals surface area contributed by atoms with Crippen molar-refractivity contribution in [2.45, 2.75) is 4.90 Å². The van der Waals surface area contributed by atoms with Crippen LogP contribution in [0.3, 0.4) is 0 Å². The second-order valence-electron chi connectivity index (χ2n) is 6.81. The summed E-state index contributed by atoms with van der Waals surface area (Å²) in [5, 5.41) is 0. The van der Waals surface area contributed by atoms with Crippen molar-refractivity contribution in [3.8, 4) is 23.0 Å². The third kappa shape index (κ3) is 5.56. The summed E-state index contributed by atoms with van der Waals surface area (Å²) in [5.74, 6) is 1.17. The van der Waals surface area contributed by atoms with Gasteiger partial charge in [0.2, 0.25) is 5.75 Å². The minimum absolute atomic E-state index is 0.192. The molecule has 0 heterocycles. The number of benzene rings is 3. The van der Waals surface area contributed by atoms with E-state index in [1.807, 2.05) is 6.08 Å². The Morgan fingerprint density at radius 1 is 0.758 bits per heavy atom. The van der Waals surface area contributed by atoms with Crippen LogP contribution >= 0.6 is 0 Å². The molecule has 3 aromatic rings. The molecule has 0 aliphatic rings. The van der Waals surface area contributed by atoms with Gasteiger partial charge in [-0.1, -0.05) is 24.3 Å². The number of sulfonamides is 1. The van der Waals surface area contributed by atoms with Gasteiger partial charge < -0.3 is 18.9 Å². The zero-order valence-electron chi connectivity index (χ0n) is 18.6. The molecule has 0 bridgehead atoms. The van der Waals surface area contributed by atoms with E-state index in [9.17, 15) is 12.8 Å². The third-order valence-corrected chi connectivity index (χ3v) is 6.09. The number of hydrogen-bond acceptors (Lipinski definition) is 6. The lowest BCUT2D eigenvalue weighted by Crippen LogP contribution is -2.14. The molecule has 0 spiro atoms. The lowest BCUT2D eigenvalue weighted by Gasteiger charge is -2.13. The molecule has 0 unspecified atom stereocenters. The Balaban J connectivity index is 1.94. The summed E-state index contributed by atoms with van der Waals surface area (Å²) >= 11 is 0. The maximum absolute atomic E-state index is 13.5. The van der Waals surface area contributed by atoms with Crippen LogP contribution < -0.4 is 23.7 Å². The Kier molecular flexibility index (Phi) is 7.44. The largest absolute Gasteiger partial charge is 0.495 e. The van der Waals surface area contributed by atoms with Crippen molar-refractivity contribution in [2.24, 2.45) is 0 Å². The second-order valence-corrected chi connectivity index (χ2v) is 8.50. The molecule has 0 aliphatic heterocycles. The fraction of sp³-hybridized carbons (Fsp3) is 0.167. The maximum Gasteiger partial charge on any atom is 0.262 e. The van der Waals surface area contributed by atoms with E-state index >= 15 is 0 Å². The Morgan fingerprint density at radius 2 is 1.39 bits per heavy atom. The van der Waals surface area contributed by atoms with Crippen molar-refractivity contribution in [1.82, 2.24) is 0 Å². The summed E-state index contributed by atoms with van der Waals surface area (Å²) in [4.78, 5) is -0.192. The highest BCUT2D eigenvalue weighted by Gasteiger charge is 2.17. The Labute approximate surface area is 192 Å². The highest BCUT2D eigenvalue weighted by Crippen LogP contribution is 2.38. The van der Waals surface area contributed by atoms with Crippen molar-refractivity contribution in [3.05, 3.63) is 71.5 Å². The Bertz CT molecular complexity index is 1250. The van der Waals surface area contributed by atoms with E-state index < -0.39 is 15.8 Å². The number of rotatable bonds is 9. The smallest absolute Gasteiger partial charge is 0.262 e. The van der Waals surface area contributed by atoms with Gasteiger partial charge in [-0.3, -0.25) is 4.72 Å². The number of hydrogen-bond donors (Lipinski definition) is 1. The minimum atomic E-state index is -4.02. The summed E-state index contributed by atoms with van der Waals surface area (Å²) in [7, 11) is 2.01. The fourth-order valence-corrected chi connectivity index (χ4v) is 4.23. The first kappa shape index (κ1) is 23.9. The van der Waals surface area contributed by atoms with Crippen molar-refractivity contribution >= 4 is 27.9 Å². The van der Waals surface area contributed by atoms with Crippen LogP contribution in [0.15, 0.2) is 59.5 Å². The number of anilines is 1. The maximum atomic E-state index is 13.5. The van der Waals surface area contributed by atoms with Crippen molar-refractivity contribution in [3.63, 3.8) is 0 Å². The highest BCUT2D eigenvalue weighted by molar-refractivity contribution is 7.92. The average Bonchev–Trinajstić information content (AvgIpc) is 2.81. The van der Waals surface area contributed by atoms with E-state index in [1.165, 1.54) is 46.6 Å². The second kappa shape index (κ2) is 10.3. The summed E-state index contributed by atoms with van der Waals surface area (Å²) in [6.45, 7) is 0. The van der Waals surface area contributed by atoms with Gasteiger partial charge in [-0.25, -0.2) is 12.8 Å². The third-order valence-electron chi connectivity index (χ3n) is 4.73. The molecule has 0 aromatic heterocycles. The van der Waals surface area contributed by atoms with Gasteiger partial charge in [0.1, 0.15) is 11.6 Å². The van der Waals surface area contributed by atoms with Gasteiger partial charge in [0, 0.05) is 0 Å². The number of nitrogens with one attached hydrogen (secondary N) is 1. The summed E-state index contributed by atoms with van der Waals surface area (Å²) in [5.41, 5.74) is 1.69. The van der Waals surface area contributed by atoms with Crippen LogP contribution in [-0.4, -0.2) is 36.9 Å². The molecule has 0 fully saturated rings. The molecule has 0 amide bonds. The van der Waals surface area contributed by atoms with Gasteiger partial charge in [0.15, 0.2) is 11.5 Å². The molecule has 3 aromatic carbocycles. The van der Waals surface area contributed by atoms with Crippen LogP contribution in [0.1, 0.15) is 11.1 Å². The van der Waals surface area contributed by atoms with E-state index in [-0.39, 0.29) is 10.6 Å². The van der Waals surface area contributed by atoms with E-state index in [0.29, 0.717) is 28.6 Å². The van der Waals surface area contributed by atoms with Gasteiger partial charge >= 0.3 is 0 Å². The van der Waals surface area contributed by atoms with Crippen LogP contribution in [0.5, 0.6) is 23.0 Å². The van der Waals surface area contributed by atoms with Gasteiger partial charge in [-0.2, -0.15) is 0 Å². The van der Waals surface area contributed by atoms with Gasteiger partial charge in [-0.05, 0) is 53.6 Å². The molecule has 9 heteroatoms. The Morgan fingerprint density at radius 3 is 1.97 bits per heavy atom. The number of ether oxygens (including phenoxy) is 4. The van der Waals surface area contributed by atoms with E-state index in [2.05, 4.69) is 4.72 Å². The molecular formula is C24H24FNO6S. The fourth-order valence-electron chi connectivity index (χ4n) is 3.14. The quantitative estimate of drug-likeness (QED) is 0.448. The first-order valence-electron chi connectivity index (χ1n) is 9.75. The topological polar surface area (TPSA) is 83.1 Å². The summed E-state index contributed by atoms with van der Waals surface area (Å²) < 4.78 is 62.8. The molecule has 1 N–H and O–H groups in total. The van der Waals surface area contributed by atoms with Crippen LogP contribution in [0, 0.1) is 5.82 Å². The van der Waals surface area contributed by atoms with Crippen molar-refractivity contribution in [2.75, 3.05) is 33.2 Å². The van der Waals surface area contributed by atoms with Gasteiger partial charge in [0.25, 0.3) is 10.0 Å². The molecule has 7 nitrogen and oxygen atoms in total. The first-order valence-corrected chi connectivity index (χ1v) is 11.2.